The molecule has 5 nitrogen and oxygen atoms in total. The number of ether oxygens (including phenoxy) is 1. The van der Waals surface area contributed by atoms with Crippen molar-refractivity contribution in [1.29, 1.82) is 0 Å². The highest BCUT2D eigenvalue weighted by atomic mass is 35.5. The third-order valence-corrected chi connectivity index (χ3v) is 3.51. The second-order valence-corrected chi connectivity index (χ2v) is 5.32. The van der Waals surface area contributed by atoms with Crippen LogP contribution in [0, 0.1) is 0 Å². The summed E-state index contributed by atoms with van der Waals surface area (Å²) in [6.07, 6.45) is 1.39. The van der Waals surface area contributed by atoms with Crippen LogP contribution in [0.25, 0.3) is 11.1 Å². The Bertz CT molecular complexity index is 854. The predicted octanol–water partition coefficient (Wildman–Crippen LogP) is 4.05. The zero-order valence-corrected chi connectivity index (χ0v) is 12.7. The third-order valence-electron chi connectivity index (χ3n) is 3.26. The molecule has 0 spiro atoms. The first-order chi connectivity index (χ1) is 11.1. The molecule has 6 heteroatoms. The lowest BCUT2D eigenvalue weighted by atomic mass is 10.1. The van der Waals surface area contributed by atoms with Gasteiger partial charge in [-0.3, -0.25) is 9.59 Å². The summed E-state index contributed by atoms with van der Waals surface area (Å²) >= 11 is 5.77. The van der Waals surface area contributed by atoms with E-state index in [0.29, 0.717) is 27.4 Å². The highest BCUT2D eigenvalue weighted by molar-refractivity contribution is 6.30. The Labute approximate surface area is 136 Å². The Morgan fingerprint density at radius 1 is 1.09 bits per heavy atom. The van der Waals surface area contributed by atoms with Gasteiger partial charge in [0.05, 0.1) is 6.42 Å². The normalized spacial score (nSPS) is 10.7. The first kappa shape index (κ1) is 15.2. The maximum absolute atomic E-state index is 12.0. The summed E-state index contributed by atoms with van der Waals surface area (Å²) in [5.41, 5.74) is 1.74. The van der Waals surface area contributed by atoms with Crippen molar-refractivity contribution in [3.8, 4) is 5.75 Å². The molecule has 0 aliphatic heterocycles. The first-order valence-electron chi connectivity index (χ1n) is 6.94. The summed E-state index contributed by atoms with van der Waals surface area (Å²) in [6.45, 7) is 0. The van der Waals surface area contributed by atoms with Crippen molar-refractivity contribution in [2.45, 2.75) is 12.8 Å². The number of nitrogens with zero attached hydrogens (tertiary/aromatic N) is 1. The number of hydrogen-bond donors (Lipinski definition) is 0. The van der Waals surface area contributed by atoms with E-state index in [2.05, 4.69) is 4.98 Å². The van der Waals surface area contributed by atoms with Crippen LogP contribution in [-0.4, -0.2) is 16.7 Å². The molecular weight excluding hydrogens is 318 g/mol. The van der Waals surface area contributed by atoms with Crippen molar-refractivity contribution in [2.75, 3.05) is 0 Å². The number of esters is 1. The molecule has 0 saturated carbocycles. The van der Waals surface area contributed by atoms with Crippen LogP contribution in [-0.2, 0) is 4.79 Å². The molecule has 0 amide bonds. The van der Waals surface area contributed by atoms with Crippen molar-refractivity contribution in [3.63, 3.8) is 0 Å². The number of benzene rings is 2. The van der Waals surface area contributed by atoms with Crippen molar-refractivity contribution < 1.29 is 18.7 Å². The highest BCUT2D eigenvalue weighted by Gasteiger charge is 2.12. The lowest BCUT2D eigenvalue weighted by Gasteiger charge is -2.04. The largest absolute Gasteiger partial charge is 0.443 e. The Balaban J connectivity index is 1.56. The molecule has 0 unspecified atom stereocenters. The molecule has 0 saturated heterocycles. The van der Waals surface area contributed by atoms with E-state index >= 15 is 0 Å². The quantitative estimate of drug-likeness (QED) is 0.401. The minimum Gasteiger partial charge on any atom is -0.443 e. The van der Waals surface area contributed by atoms with Gasteiger partial charge in [-0.15, -0.1) is 0 Å². The van der Waals surface area contributed by atoms with Gasteiger partial charge in [-0.2, -0.15) is 0 Å². The summed E-state index contributed by atoms with van der Waals surface area (Å²) in [5.74, 6) is -0.240. The molecule has 0 atom stereocenters. The van der Waals surface area contributed by atoms with Gasteiger partial charge in [0, 0.05) is 23.1 Å². The number of rotatable bonds is 5. The average Bonchev–Trinajstić information content (AvgIpc) is 3.01. The highest BCUT2D eigenvalue weighted by Crippen LogP contribution is 2.20. The second kappa shape index (κ2) is 6.62. The summed E-state index contributed by atoms with van der Waals surface area (Å²) < 4.78 is 10.3. The zero-order chi connectivity index (χ0) is 16.2. The van der Waals surface area contributed by atoms with E-state index < -0.39 is 5.97 Å². The van der Waals surface area contributed by atoms with Crippen LogP contribution in [0.2, 0.25) is 5.02 Å². The van der Waals surface area contributed by atoms with Gasteiger partial charge in [-0.25, -0.2) is 4.98 Å². The molecule has 0 aliphatic carbocycles. The van der Waals surface area contributed by atoms with Crippen LogP contribution < -0.4 is 4.74 Å². The summed E-state index contributed by atoms with van der Waals surface area (Å²) in [4.78, 5) is 27.8. The Hall–Kier alpha value is -2.66. The SMILES string of the molecule is O=C(CCC(=O)c1ccc(Cl)cc1)Oc1ccc2ocnc2c1. The predicted molar refractivity (Wildman–Crippen MR) is 84.7 cm³/mol. The standard InChI is InChI=1S/C17H12ClNO4/c18-12-3-1-11(2-4-12)15(20)6-8-17(21)23-13-5-7-16-14(9-13)19-10-22-16/h1-5,7,9-10H,6,8H2. The van der Waals surface area contributed by atoms with Crippen LogP contribution in [0.1, 0.15) is 23.2 Å². The molecule has 3 rings (SSSR count). The summed E-state index contributed by atoms with van der Waals surface area (Å²) in [7, 11) is 0. The molecule has 116 valence electrons. The molecule has 3 aromatic rings. The van der Waals surface area contributed by atoms with Crippen LogP contribution in [0.3, 0.4) is 0 Å². The van der Waals surface area contributed by atoms with E-state index in [9.17, 15) is 9.59 Å². The molecule has 1 aromatic heterocycles. The topological polar surface area (TPSA) is 69.4 Å². The molecule has 0 bridgehead atoms. The van der Waals surface area contributed by atoms with E-state index in [1.54, 1.807) is 42.5 Å². The monoisotopic (exact) mass is 329 g/mol. The zero-order valence-electron chi connectivity index (χ0n) is 12.0. The minimum absolute atomic E-state index is 0.00167. The minimum atomic E-state index is -0.477. The van der Waals surface area contributed by atoms with Crippen LogP contribution in [0.4, 0.5) is 0 Å². The third kappa shape index (κ3) is 3.76. The van der Waals surface area contributed by atoms with Gasteiger partial charge in [-0.05, 0) is 36.4 Å². The van der Waals surface area contributed by atoms with Crippen LogP contribution >= 0.6 is 11.6 Å². The van der Waals surface area contributed by atoms with Gasteiger partial charge >= 0.3 is 5.97 Å². The molecule has 23 heavy (non-hydrogen) atoms. The fourth-order valence-electron chi connectivity index (χ4n) is 2.08. The van der Waals surface area contributed by atoms with Crippen LogP contribution in [0.5, 0.6) is 5.75 Å². The lowest BCUT2D eigenvalue weighted by Crippen LogP contribution is -2.10. The number of oxazole rings is 1. The Kier molecular flexibility index (Phi) is 4.39. The van der Waals surface area contributed by atoms with Crippen molar-refractivity contribution in [1.82, 2.24) is 4.98 Å². The average molecular weight is 330 g/mol. The number of ketones is 1. The number of hydrogen-bond acceptors (Lipinski definition) is 5. The smallest absolute Gasteiger partial charge is 0.311 e. The Morgan fingerprint density at radius 3 is 2.65 bits per heavy atom. The molecule has 0 fully saturated rings. The summed E-state index contributed by atoms with van der Waals surface area (Å²) in [6, 6.07) is 11.4. The van der Waals surface area contributed by atoms with Gasteiger partial charge in [0.2, 0.25) is 0 Å². The van der Waals surface area contributed by atoms with E-state index in [-0.39, 0.29) is 18.6 Å². The van der Waals surface area contributed by atoms with Gasteiger partial charge in [0.1, 0.15) is 11.3 Å². The van der Waals surface area contributed by atoms with Gasteiger partial charge < -0.3 is 9.15 Å². The van der Waals surface area contributed by atoms with Crippen molar-refractivity contribution in [3.05, 3.63) is 59.4 Å². The van der Waals surface area contributed by atoms with Crippen LogP contribution in [0.15, 0.2) is 53.3 Å². The fraction of sp³-hybridized carbons (Fsp3) is 0.118. The molecular formula is C17H12ClNO4. The molecule has 1 heterocycles. The molecule has 0 N–H and O–H groups in total. The van der Waals surface area contributed by atoms with E-state index in [1.807, 2.05) is 0 Å². The van der Waals surface area contributed by atoms with Crippen molar-refractivity contribution in [2.24, 2.45) is 0 Å². The second-order valence-electron chi connectivity index (χ2n) is 4.89. The number of fused-ring (bicyclic) bond motifs is 1. The number of aromatic nitrogens is 1. The van der Waals surface area contributed by atoms with E-state index in [1.165, 1.54) is 6.39 Å². The Morgan fingerprint density at radius 2 is 1.87 bits per heavy atom. The van der Waals surface area contributed by atoms with Gasteiger partial charge in [0.15, 0.2) is 17.8 Å². The summed E-state index contributed by atoms with van der Waals surface area (Å²) in [5, 5.41) is 0.559. The molecule has 2 aromatic carbocycles. The number of halogens is 1. The van der Waals surface area contributed by atoms with E-state index in [0.717, 1.165) is 0 Å². The van der Waals surface area contributed by atoms with Crippen molar-refractivity contribution >= 4 is 34.5 Å². The number of carbonyl (C=O) groups excluding carboxylic acids is 2. The van der Waals surface area contributed by atoms with Gasteiger partial charge in [-0.1, -0.05) is 11.6 Å². The lowest BCUT2D eigenvalue weighted by molar-refractivity contribution is -0.134. The molecule has 0 radical (unpaired) electrons. The maximum atomic E-state index is 12.0. The van der Waals surface area contributed by atoms with Gasteiger partial charge in [0.25, 0.3) is 0 Å². The molecule has 0 aliphatic rings. The number of carbonyl (C=O) groups is 2. The number of Topliss-reactive ketones (excluding diaryl/α,β-unsaturated/α-hetero) is 1. The van der Waals surface area contributed by atoms with E-state index in [4.69, 9.17) is 20.8 Å². The fourth-order valence-corrected chi connectivity index (χ4v) is 2.21. The maximum Gasteiger partial charge on any atom is 0.311 e. The first-order valence-corrected chi connectivity index (χ1v) is 7.32.